The monoisotopic (exact) mass is 1020 g/mol. The van der Waals surface area contributed by atoms with Gasteiger partial charge in [-0.05, 0) is 38.2 Å². The van der Waals surface area contributed by atoms with E-state index in [1.807, 2.05) is 13.8 Å². The first-order chi connectivity index (χ1) is 34.5. The van der Waals surface area contributed by atoms with Crippen molar-refractivity contribution < 1.29 is 72.6 Å². The van der Waals surface area contributed by atoms with Gasteiger partial charge in [-0.15, -0.1) is 0 Å². The number of aromatic hydroxyl groups is 1. The number of aldehydes is 2. The first kappa shape index (κ1) is 57.1. The number of piperazine rings is 1. The van der Waals surface area contributed by atoms with Crippen molar-refractivity contribution in [2.75, 3.05) is 39.3 Å². The molecule has 4 heterocycles. The molecule has 0 aromatic heterocycles. The number of Topliss-reactive ketones (excluding diaryl/α,β-unsaturated/α-hetero) is 3. The van der Waals surface area contributed by atoms with E-state index in [0.29, 0.717) is 70.5 Å². The Labute approximate surface area is 425 Å². The molecule has 1 aromatic carbocycles. The van der Waals surface area contributed by atoms with Crippen molar-refractivity contribution in [1.82, 2.24) is 20.5 Å². The third-order valence-electron chi connectivity index (χ3n) is 14.0. The van der Waals surface area contributed by atoms with Crippen LogP contribution in [-0.4, -0.2) is 149 Å². The largest absolute Gasteiger partial charge is 0.507 e. The number of phenols is 1. The van der Waals surface area contributed by atoms with E-state index in [1.54, 1.807) is 44.0 Å². The normalized spacial score (nSPS) is 28.9. The average Bonchev–Trinajstić information content (AvgIpc) is 3.62. The van der Waals surface area contributed by atoms with Crippen LogP contribution in [0, 0.1) is 36.5 Å². The fourth-order valence-corrected chi connectivity index (χ4v) is 9.12. The van der Waals surface area contributed by atoms with Gasteiger partial charge in [0.05, 0.1) is 52.7 Å². The number of rotatable bonds is 14. The van der Waals surface area contributed by atoms with Crippen LogP contribution in [-0.2, 0) is 38.2 Å². The lowest BCUT2D eigenvalue weighted by molar-refractivity contribution is -0.158. The molecule has 0 radical (unpaired) electrons. The number of amides is 2. The highest BCUT2D eigenvalue weighted by atomic mass is 16.7. The van der Waals surface area contributed by atoms with Crippen molar-refractivity contribution in [2.24, 2.45) is 34.7 Å². The van der Waals surface area contributed by atoms with Crippen molar-refractivity contribution in [3.8, 4) is 11.5 Å². The van der Waals surface area contributed by atoms with Crippen molar-refractivity contribution in [2.45, 2.75) is 112 Å². The molecule has 0 saturated carbocycles. The smallest absolute Gasteiger partial charge is 0.312 e. The summed E-state index contributed by atoms with van der Waals surface area (Å²) in [6, 6.07) is -1.18. The van der Waals surface area contributed by atoms with Gasteiger partial charge in [0.1, 0.15) is 48.5 Å². The van der Waals surface area contributed by atoms with E-state index in [-0.39, 0.29) is 34.4 Å². The van der Waals surface area contributed by atoms with E-state index in [4.69, 9.17) is 18.9 Å². The maximum absolute atomic E-state index is 14.9. The minimum atomic E-state index is -2.09. The number of nitrogens with zero attached hydrogens (tertiary/aromatic N) is 3. The van der Waals surface area contributed by atoms with E-state index in [2.05, 4.69) is 27.2 Å². The Morgan fingerprint density at radius 3 is 2.25 bits per heavy atom. The molecule has 1 aromatic rings. The Kier molecular flexibility index (Phi) is 19.4. The summed E-state index contributed by atoms with van der Waals surface area (Å²) in [5.74, 6) is -9.65. The van der Waals surface area contributed by atoms with E-state index >= 15 is 0 Å². The van der Waals surface area contributed by atoms with E-state index in [9.17, 15) is 53.7 Å². The lowest BCUT2D eigenvalue weighted by atomic mass is 9.77. The highest BCUT2D eigenvalue weighted by Crippen LogP contribution is 2.48. The summed E-state index contributed by atoms with van der Waals surface area (Å²) in [5, 5.41) is 45.7. The molecule has 20 nitrogen and oxygen atoms in total. The topological polar surface area (TPSA) is 277 Å². The summed E-state index contributed by atoms with van der Waals surface area (Å²) in [6.45, 7) is 20.8. The van der Waals surface area contributed by atoms with Crippen LogP contribution < -0.4 is 15.4 Å². The number of ether oxygens (including phenoxy) is 4. The molecule has 2 amide bonds. The minimum absolute atomic E-state index is 0.0305. The molecule has 0 unspecified atom stereocenters. The fourth-order valence-electron chi connectivity index (χ4n) is 9.12. The van der Waals surface area contributed by atoms with Gasteiger partial charge in [0.15, 0.2) is 5.78 Å². The van der Waals surface area contributed by atoms with Crippen LogP contribution in [0.25, 0.3) is 0 Å². The number of hydrogen-bond acceptors (Lipinski definition) is 18. The molecule has 396 valence electrons. The Morgan fingerprint density at radius 2 is 1.60 bits per heavy atom. The number of phenolic OH excluding ortho intramolecular Hbond substituents is 1. The standard InChI is InChI=1S/C53H69N5O15/c1-28-17-23-71-53(10)51(68)42-40-41(46(65)35(8)50(42)73-53)48(67)43(56-52(69)30(3)14-11-13-29(2)44(63)33(6)45(64)34(7)49(32(28)5)72-36(9)61)38(47(40)66)25-54-58-20-18-57(19-21-58)22-24-70-31(4)15-12-16-39(62)55-37(26-59)27-60/h11,13-14,17,23,25-29,32-34,37,44-45,49,63-65H,4,12,15-16,18-22,24H2,1-3,5-10H3,(H,55,62)(H,56,69)/b13-11+,23-17+,30-14-,54-25-/t28-,29-,32+,33+,34+,44-,45+,49+,53-/m0/s1. The molecule has 20 heteroatoms. The van der Waals surface area contributed by atoms with Crippen molar-refractivity contribution in [3.63, 3.8) is 0 Å². The number of hydrogen-bond donors (Lipinski definition) is 5. The third-order valence-corrected chi connectivity index (χ3v) is 14.0. The molecule has 1 aliphatic carbocycles. The molecule has 9 atom stereocenters. The van der Waals surface area contributed by atoms with Gasteiger partial charge in [-0.25, -0.2) is 0 Å². The maximum Gasteiger partial charge on any atom is 0.312 e. The number of aliphatic hydroxyl groups is 2. The molecule has 6 rings (SSSR count). The van der Waals surface area contributed by atoms with E-state index in [0.717, 1.165) is 6.21 Å². The van der Waals surface area contributed by atoms with Gasteiger partial charge in [0.2, 0.25) is 11.7 Å². The Morgan fingerprint density at radius 1 is 0.932 bits per heavy atom. The number of carbonyl (C=O) groups is 8. The zero-order valence-corrected chi connectivity index (χ0v) is 43.0. The molecule has 5 N–H and O–H groups in total. The van der Waals surface area contributed by atoms with Crippen LogP contribution in [0.3, 0.4) is 0 Å². The van der Waals surface area contributed by atoms with E-state index in [1.165, 1.54) is 40.0 Å². The van der Waals surface area contributed by atoms with Gasteiger partial charge in [-0.3, -0.25) is 38.7 Å². The van der Waals surface area contributed by atoms with Crippen LogP contribution in [0.2, 0.25) is 0 Å². The van der Waals surface area contributed by atoms with Gasteiger partial charge in [-0.2, -0.15) is 5.10 Å². The number of aliphatic hydroxyl groups excluding tert-OH is 2. The lowest BCUT2D eigenvalue weighted by Gasteiger charge is -2.37. The number of benzene rings is 1. The van der Waals surface area contributed by atoms with Crippen LogP contribution in [0.15, 0.2) is 64.8 Å². The summed E-state index contributed by atoms with van der Waals surface area (Å²) in [5.41, 5.74) is -2.06. The summed E-state index contributed by atoms with van der Waals surface area (Å²) in [7, 11) is 0. The summed E-state index contributed by atoms with van der Waals surface area (Å²) < 4.78 is 23.6. The predicted molar refractivity (Wildman–Crippen MR) is 266 cm³/mol. The van der Waals surface area contributed by atoms with Crippen LogP contribution in [0.5, 0.6) is 11.5 Å². The average molecular weight is 1020 g/mol. The molecule has 5 aliphatic rings. The minimum Gasteiger partial charge on any atom is -0.507 e. The van der Waals surface area contributed by atoms with Gasteiger partial charge >= 0.3 is 11.8 Å². The second-order valence-corrected chi connectivity index (χ2v) is 19.4. The second-order valence-electron chi connectivity index (χ2n) is 19.4. The molecule has 4 aliphatic heterocycles. The molecule has 0 spiro atoms. The molecule has 5 bridgehead atoms. The number of carbonyl (C=O) groups excluding carboxylic acids is 8. The fraction of sp³-hybridized carbons (Fsp3) is 0.528. The molecule has 1 fully saturated rings. The number of nitrogens with one attached hydrogen (secondary N) is 2. The first-order valence-corrected chi connectivity index (χ1v) is 24.5. The zero-order chi connectivity index (χ0) is 54.1. The highest BCUT2D eigenvalue weighted by Gasteiger charge is 2.52. The van der Waals surface area contributed by atoms with Gasteiger partial charge < -0.3 is 54.5 Å². The van der Waals surface area contributed by atoms with E-state index < -0.39 is 117 Å². The van der Waals surface area contributed by atoms with Crippen LogP contribution in [0.4, 0.5) is 0 Å². The summed E-state index contributed by atoms with van der Waals surface area (Å²) >= 11 is 0. The maximum atomic E-state index is 14.9. The molecular formula is C53H69N5O15. The van der Waals surface area contributed by atoms with Crippen molar-refractivity contribution in [3.05, 3.63) is 82.0 Å². The highest BCUT2D eigenvalue weighted by molar-refractivity contribution is 6.37. The quantitative estimate of drug-likeness (QED) is 0.0583. The molecule has 73 heavy (non-hydrogen) atoms. The van der Waals surface area contributed by atoms with Crippen LogP contribution in [0.1, 0.15) is 111 Å². The number of ketones is 3. The Bertz CT molecular complexity index is 2500. The third kappa shape index (κ3) is 13.3. The Hall–Kier alpha value is -6.77. The summed E-state index contributed by atoms with van der Waals surface area (Å²) in [6.07, 6.45) is 7.19. The number of allylic oxidation sites excluding steroid dienone is 6. The zero-order valence-electron chi connectivity index (χ0n) is 43.0. The lowest BCUT2D eigenvalue weighted by Crippen LogP contribution is -2.45. The van der Waals surface area contributed by atoms with Gasteiger partial charge in [0, 0.05) is 88.3 Å². The van der Waals surface area contributed by atoms with Crippen molar-refractivity contribution in [1.29, 1.82) is 0 Å². The molecular weight excluding hydrogens is 947 g/mol. The number of fused-ring (bicyclic) bond motifs is 14. The second kappa shape index (κ2) is 24.8. The van der Waals surface area contributed by atoms with Gasteiger partial charge in [-0.1, -0.05) is 59.4 Å². The number of hydrazone groups is 1. The first-order valence-electron chi connectivity index (χ1n) is 24.5. The van der Waals surface area contributed by atoms with Crippen LogP contribution >= 0.6 is 0 Å². The predicted octanol–water partition coefficient (Wildman–Crippen LogP) is 3.81. The number of esters is 1. The summed E-state index contributed by atoms with van der Waals surface area (Å²) in [4.78, 5) is 106. The Balaban J connectivity index is 1.43. The SMILES string of the molecule is C=C(CCCC(=O)NC(C=O)C=O)OCCN1CCN(/N=C\C2=C3NC(=O)/C(C)=C\C=C\[C@H](C)[C@H](O)[C@@H](C)[C@@H](O)[C@@H](C)[C@H](OC(C)=O)[C@H](C)[C@@H](C)/C=C/O[C@@]4(C)Oc5c(C)c(O)c(c(c5C4=O)C2=O)C3=O)CC1. The molecule has 1 saturated heterocycles. The van der Waals surface area contributed by atoms with Gasteiger partial charge in [0.25, 0.3) is 11.7 Å². The van der Waals surface area contributed by atoms with Crippen molar-refractivity contribution >= 4 is 53.9 Å².